The topological polar surface area (TPSA) is 63.7 Å². The van der Waals surface area contributed by atoms with Crippen molar-refractivity contribution in [3.05, 3.63) is 29.8 Å². The van der Waals surface area contributed by atoms with Crippen LogP contribution in [0.1, 0.15) is 61.7 Å². The van der Waals surface area contributed by atoms with Crippen molar-refractivity contribution < 1.29 is 19.1 Å². The van der Waals surface area contributed by atoms with E-state index in [0.29, 0.717) is 11.3 Å². The molecule has 1 saturated heterocycles. The Labute approximate surface area is 135 Å². The lowest BCUT2D eigenvalue weighted by molar-refractivity contribution is -0.121. The molecule has 23 heavy (non-hydrogen) atoms. The number of esters is 1. The first-order chi connectivity index (χ1) is 11.1. The van der Waals surface area contributed by atoms with Crippen LogP contribution in [0.15, 0.2) is 24.3 Å². The highest BCUT2D eigenvalue weighted by Crippen LogP contribution is 2.24. The summed E-state index contributed by atoms with van der Waals surface area (Å²) in [5.74, 6) is -0.713. The number of anilines is 1. The summed E-state index contributed by atoms with van der Waals surface area (Å²) in [6.45, 7) is 0. The Kier molecular flexibility index (Phi) is 4.74. The van der Waals surface area contributed by atoms with Gasteiger partial charge in [0.25, 0.3) is 0 Å². The predicted octanol–water partition coefficient (Wildman–Crippen LogP) is 3.22. The number of imide groups is 1. The number of hydrogen-bond acceptors (Lipinski definition) is 4. The molecule has 1 aromatic carbocycles. The molecular formula is C18H21NO4. The first kappa shape index (κ1) is 15.7. The van der Waals surface area contributed by atoms with Gasteiger partial charge >= 0.3 is 5.97 Å². The van der Waals surface area contributed by atoms with Crippen LogP contribution in [0.2, 0.25) is 0 Å². The number of carbonyl (C=O) groups excluding carboxylic acids is 3. The molecular weight excluding hydrogens is 294 g/mol. The van der Waals surface area contributed by atoms with Crippen LogP contribution in [0.3, 0.4) is 0 Å². The highest BCUT2D eigenvalue weighted by molar-refractivity contribution is 6.19. The van der Waals surface area contributed by atoms with E-state index in [1.165, 1.54) is 17.7 Å². The monoisotopic (exact) mass is 315 g/mol. The Morgan fingerprint density at radius 3 is 2.04 bits per heavy atom. The average Bonchev–Trinajstić information content (AvgIpc) is 2.76. The molecule has 2 amide bonds. The third kappa shape index (κ3) is 3.60. The quantitative estimate of drug-likeness (QED) is 0.488. The summed E-state index contributed by atoms with van der Waals surface area (Å²) in [6, 6.07) is 6.50. The second-order valence-corrected chi connectivity index (χ2v) is 6.19. The predicted molar refractivity (Wildman–Crippen MR) is 85.1 cm³/mol. The third-order valence-corrected chi connectivity index (χ3v) is 4.49. The molecule has 2 fully saturated rings. The molecule has 0 atom stereocenters. The van der Waals surface area contributed by atoms with Gasteiger partial charge in [-0.3, -0.25) is 14.5 Å². The van der Waals surface area contributed by atoms with Gasteiger partial charge in [-0.1, -0.05) is 12.8 Å². The van der Waals surface area contributed by atoms with E-state index in [1.807, 2.05) is 0 Å². The maximum absolute atomic E-state index is 12.2. The van der Waals surface area contributed by atoms with Gasteiger partial charge in [0.1, 0.15) is 6.10 Å². The lowest BCUT2D eigenvalue weighted by atomic mass is 10.1. The van der Waals surface area contributed by atoms with Crippen molar-refractivity contribution in [1.82, 2.24) is 0 Å². The van der Waals surface area contributed by atoms with Gasteiger partial charge in [-0.05, 0) is 49.9 Å². The van der Waals surface area contributed by atoms with Crippen molar-refractivity contribution in [2.75, 3.05) is 4.90 Å². The molecule has 0 spiro atoms. The van der Waals surface area contributed by atoms with Crippen molar-refractivity contribution >= 4 is 23.5 Å². The van der Waals surface area contributed by atoms with Crippen molar-refractivity contribution in [2.24, 2.45) is 0 Å². The highest BCUT2D eigenvalue weighted by Gasteiger charge is 2.30. The van der Waals surface area contributed by atoms with E-state index in [4.69, 9.17) is 4.74 Å². The number of amides is 2. The van der Waals surface area contributed by atoms with Crippen molar-refractivity contribution in [3.8, 4) is 0 Å². The standard InChI is InChI=1S/C18H21NO4/c20-16-11-12-17(21)19(16)14-9-7-13(8-10-14)18(22)23-15-5-3-1-2-4-6-15/h7-10,15H,1-6,11-12H2. The fraction of sp³-hybridized carbons (Fsp3) is 0.500. The van der Waals surface area contributed by atoms with Gasteiger partial charge in [0.2, 0.25) is 11.8 Å². The van der Waals surface area contributed by atoms with E-state index in [2.05, 4.69) is 0 Å². The SMILES string of the molecule is O=C(OC1CCCCCC1)c1ccc(N2C(=O)CCC2=O)cc1. The zero-order valence-electron chi connectivity index (χ0n) is 13.1. The van der Waals surface area contributed by atoms with Gasteiger partial charge in [-0.15, -0.1) is 0 Å². The molecule has 5 nitrogen and oxygen atoms in total. The van der Waals surface area contributed by atoms with E-state index in [0.717, 1.165) is 25.7 Å². The van der Waals surface area contributed by atoms with E-state index in [9.17, 15) is 14.4 Å². The number of benzene rings is 1. The fourth-order valence-corrected chi connectivity index (χ4v) is 3.19. The molecule has 1 aliphatic heterocycles. The zero-order chi connectivity index (χ0) is 16.2. The summed E-state index contributed by atoms with van der Waals surface area (Å²) in [5, 5.41) is 0. The summed E-state index contributed by atoms with van der Waals surface area (Å²) >= 11 is 0. The Morgan fingerprint density at radius 2 is 1.48 bits per heavy atom. The Balaban J connectivity index is 1.65. The van der Waals surface area contributed by atoms with Gasteiger partial charge in [0.05, 0.1) is 11.3 Å². The van der Waals surface area contributed by atoms with Gasteiger partial charge < -0.3 is 4.74 Å². The molecule has 0 aromatic heterocycles. The smallest absolute Gasteiger partial charge is 0.338 e. The second-order valence-electron chi connectivity index (χ2n) is 6.19. The molecule has 0 bridgehead atoms. The molecule has 0 unspecified atom stereocenters. The fourth-order valence-electron chi connectivity index (χ4n) is 3.19. The Morgan fingerprint density at radius 1 is 0.913 bits per heavy atom. The number of hydrogen-bond donors (Lipinski definition) is 0. The van der Waals surface area contributed by atoms with Crippen LogP contribution < -0.4 is 4.90 Å². The Hall–Kier alpha value is -2.17. The molecule has 1 saturated carbocycles. The minimum Gasteiger partial charge on any atom is -0.459 e. The van der Waals surface area contributed by atoms with Crippen LogP contribution in [-0.2, 0) is 14.3 Å². The normalized spacial score (nSPS) is 19.7. The average molecular weight is 315 g/mol. The number of carbonyl (C=O) groups is 3. The third-order valence-electron chi connectivity index (χ3n) is 4.49. The van der Waals surface area contributed by atoms with E-state index in [-0.39, 0.29) is 36.7 Å². The van der Waals surface area contributed by atoms with E-state index in [1.54, 1.807) is 24.3 Å². The number of ether oxygens (including phenoxy) is 1. The van der Waals surface area contributed by atoms with E-state index >= 15 is 0 Å². The van der Waals surface area contributed by atoms with Crippen LogP contribution in [0, 0.1) is 0 Å². The molecule has 1 heterocycles. The van der Waals surface area contributed by atoms with Crippen LogP contribution in [0.5, 0.6) is 0 Å². The minimum absolute atomic E-state index is 0.00594. The molecule has 2 aliphatic rings. The van der Waals surface area contributed by atoms with Crippen LogP contribution in [0.25, 0.3) is 0 Å². The lowest BCUT2D eigenvalue weighted by Crippen LogP contribution is -2.28. The number of nitrogens with zero attached hydrogens (tertiary/aromatic N) is 1. The largest absolute Gasteiger partial charge is 0.459 e. The maximum Gasteiger partial charge on any atom is 0.338 e. The lowest BCUT2D eigenvalue weighted by Gasteiger charge is -2.16. The first-order valence-electron chi connectivity index (χ1n) is 8.32. The van der Waals surface area contributed by atoms with Gasteiger partial charge in [0.15, 0.2) is 0 Å². The summed E-state index contributed by atoms with van der Waals surface area (Å²) in [6.07, 6.45) is 7.01. The molecule has 3 rings (SSSR count). The van der Waals surface area contributed by atoms with E-state index < -0.39 is 0 Å². The van der Waals surface area contributed by atoms with Gasteiger partial charge in [-0.25, -0.2) is 4.79 Å². The molecule has 0 N–H and O–H groups in total. The molecule has 122 valence electrons. The van der Waals surface area contributed by atoms with Crippen molar-refractivity contribution in [1.29, 1.82) is 0 Å². The molecule has 5 heteroatoms. The molecule has 0 radical (unpaired) electrons. The summed E-state index contributed by atoms with van der Waals surface area (Å²) in [5.41, 5.74) is 0.973. The Bertz CT molecular complexity index is 584. The molecule has 1 aliphatic carbocycles. The zero-order valence-corrected chi connectivity index (χ0v) is 13.1. The summed E-state index contributed by atoms with van der Waals surface area (Å²) in [7, 11) is 0. The summed E-state index contributed by atoms with van der Waals surface area (Å²) in [4.78, 5) is 36.8. The second kappa shape index (κ2) is 6.94. The summed E-state index contributed by atoms with van der Waals surface area (Å²) < 4.78 is 5.58. The van der Waals surface area contributed by atoms with Crippen molar-refractivity contribution in [2.45, 2.75) is 57.5 Å². The first-order valence-corrected chi connectivity index (χ1v) is 8.32. The maximum atomic E-state index is 12.2. The van der Waals surface area contributed by atoms with Gasteiger partial charge in [0, 0.05) is 12.8 Å². The van der Waals surface area contributed by atoms with Gasteiger partial charge in [-0.2, -0.15) is 0 Å². The van der Waals surface area contributed by atoms with Crippen LogP contribution >= 0.6 is 0 Å². The van der Waals surface area contributed by atoms with Crippen LogP contribution in [0.4, 0.5) is 5.69 Å². The van der Waals surface area contributed by atoms with Crippen LogP contribution in [-0.4, -0.2) is 23.9 Å². The van der Waals surface area contributed by atoms with Crippen molar-refractivity contribution in [3.63, 3.8) is 0 Å². The highest BCUT2D eigenvalue weighted by atomic mass is 16.5. The minimum atomic E-state index is -0.331. The number of rotatable bonds is 3. The molecule has 1 aromatic rings.